The van der Waals surface area contributed by atoms with Crippen molar-refractivity contribution in [2.45, 2.75) is 31.6 Å². The number of piperidine rings is 1. The van der Waals surface area contributed by atoms with E-state index in [0.717, 1.165) is 25.9 Å². The van der Waals surface area contributed by atoms with Gasteiger partial charge in [0.1, 0.15) is 5.75 Å². The number of carbonyl (C=O) groups is 1. The third-order valence-corrected chi connectivity index (χ3v) is 7.25. The minimum atomic E-state index is -3.47. The Hall–Kier alpha value is -1.60. The van der Waals surface area contributed by atoms with Crippen LogP contribution in [0.2, 0.25) is 0 Å². The zero-order valence-electron chi connectivity index (χ0n) is 15.1. The second-order valence-corrected chi connectivity index (χ2v) is 9.37. The van der Waals surface area contributed by atoms with Gasteiger partial charge in [0, 0.05) is 37.5 Å². The summed E-state index contributed by atoms with van der Waals surface area (Å²) in [5.74, 6) is 0.854. The minimum Gasteiger partial charge on any atom is -0.497 e. The number of rotatable bonds is 4. The number of likely N-dealkylation sites (tertiary alicyclic amines) is 1. The lowest BCUT2D eigenvalue weighted by Gasteiger charge is -2.54. The monoisotopic (exact) mass is 366 g/mol. The molecule has 138 valence electrons. The van der Waals surface area contributed by atoms with E-state index in [4.69, 9.17) is 4.74 Å². The smallest absolute Gasteiger partial charge is 0.243 e. The number of hydrogen-bond donors (Lipinski definition) is 0. The first-order valence-corrected chi connectivity index (χ1v) is 10.1. The third-order valence-electron chi connectivity index (χ3n) is 5.34. The summed E-state index contributed by atoms with van der Waals surface area (Å²) in [5.41, 5.74) is 0.108. The Bertz CT molecular complexity index is 727. The van der Waals surface area contributed by atoms with Crippen molar-refractivity contribution in [2.75, 3.05) is 33.3 Å². The van der Waals surface area contributed by atoms with Crippen LogP contribution in [-0.2, 0) is 14.8 Å². The average Bonchev–Trinajstić information content (AvgIpc) is 2.59. The van der Waals surface area contributed by atoms with Crippen molar-refractivity contribution in [1.82, 2.24) is 9.21 Å². The number of nitrogens with zero attached hydrogens (tertiary/aromatic N) is 2. The van der Waals surface area contributed by atoms with E-state index in [1.807, 2.05) is 18.7 Å². The molecule has 0 atom stereocenters. The molecule has 2 fully saturated rings. The second kappa shape index (κ2) is 6.61. The van der Waals surface area contributed by atoms with E-state index >= 15 is 0 Å². The fourth-order valence-electron chi connectivity index (χ4n) is 3.70. The maximum atomic E-state index is 12.8. The van der Waals surface area contributed by atoms with Gasteiger partial charge < -0.3 is 9.64 Å². The Kier molecular flexibility index (Phi) is 4.81. The summed E-state index contributed by atoms with van der Waals surface area (Å²) in [6, 6.07) is 6.51. The highest BCUT2D eigenvalue weighted by Crippen LogP contribution is 2.42. The molecule has 1 spiro atoms. The highest BCUT2D eigenvalue weighted by Gasteiger charge is 2.48. The minimum absolute atomic E-state index is 0.0212. The molecule has 0 N–H and O–H groups in total. The summed E-state index contributed by atoms with van der Waals surface area (Å²) < 4.78 is 32.2. The molecule has 1 aromatic rings. The standard InChI is InChI=1S/C18H26N2O4S/c1-14(2)17(21)19-12-18(13-19)8-10-20(11-9-18)25(22,23)16-6-4-15(24-3)5-7-16/h4-7,14H,8-13H2,1-3H3. The maximum Gasteiger partial charge on any atom is 0.243 e. The van der Waals surface area contributed by atoms with Crippen LogP contribution >= 0.6 is 0 Å². The van der Waals surface area contributed by atoms with Crippen molar-refractivity contribution in [2.24, 2.45) is 11.3 Å². The maximum absolute atomic E-state index is 12.8. The van der Waals surface area contributed by atoms with Crippen molar-refractivity contribution < 1.29 is 17.9 Å². The van der Waals surface area contributed by atoms with E-state index in [1.165, 1.54) is 0 Å². The summed E-state index contributed by atoms with van der Waals surface area (Å²) in [5, 5.41) is 0. The van der Waals surface area contributed by atoms with Gasteiger partial charge in [0.2, 0.25) is 15.9 Å². The van der Waals surface area contributed by atoms with Crippen molar-refractivity contribution in [3.05, 3.63) is 24.3 Å². The molecule has 2 saturated heterocycles. The van der Waals surface area contributed by atoms with Crippen LogP contribution in [-0.4, -0.2) is 56.8 Å². The molecule has 0 aliphatic carbocycles. The largest absolute Gasteiger partial charge is 0.497 e. The zero-order valence-corrected chi connectivity index (χ0v) is 15.9. The Morgan fingerprint density at radius 3 is 2.16 bits per heavy atom. The predicted octanol–water partition coefficient (Wildman–Crippen LogP) is 1.96. The van der Waals surface area contributed by atoms with E-state index in [9.17, 15) is 13.2 Å². The van der Waals surface area contributed by atoms with Gasteiger partial charge in [-0.25, -0.2) is 8.42 Å². The van der Waals surface area contributed by atoms with Crippen LogP contribution < -0.4 is 4.74 Å². The van der Waals surface area contributed by atoms with Gasteiger partial charge in [0.25, 0.3) is 0 Å². The van der Waals surface area contributed by atoms with Crippen LogP contribution in [0.4, 0.5) is 0 Å². The summed E-state index contributed by atoms with van der Waals surface area (Å²) in [4.78, 5) is 14.2. The van der Waals surface area contributed by atoms with E-state index in [0.29, 0.717) is 23.7 Å². The van der Waals surface area contributed by atoms with Crippen LogP contribution in [0.15, 0.2) is 29.2 Å². The van der Waals surface area contributed by atoms with E-state index in [2.05, 4.69) is 0 Å². The number of hydrogen-bond acceptors (Lipinski definition) is 4. The fourth-order valence-corrected chi connectivity index (χ4v) is 5.14. The number of ether oxygens (including phenoxy) is 1. The summed E-state index contributed by atoms with van der Waals surface area (Å²) >= 11 is 0. The molecule has 0 radical (unpaired) electrons. The number of methoxy groups -OCH3 is 1. The molecule has 2 aliphatic rings. The van der Waals surface area contributed by atoms with Crippen LogP contribution in [0.3, 0.4) is 0 Å². The van der Waals surface area contributed by atoms with Gasteiger partial charge in [-0.2, -0.15) is 4.31 Å². The lowest BCUT2D eigenvalue weighted by molar-refractivity contribution is -0.149. The molecule has 0 saturated carbocycles. The SMILES string of the molecule is COc1ccc(S(=O)(=O)N2CCC3(CC2)CN(C(=O)C(C)C)C3)cc1. The normalized spacial score (nSPS) is 20.6. The van der Waals surface area contributed by atoms with Gasteiger partial charge in [-0.1, -0.05) is 13.8 Å². The van der Waals surface area contributed by atoms with Gasteiger partial charge in [-0.3, -0.25) is 4.79 Å². The molecule has 25 heavy (non-hydrogen) atoms. The average molecular weight is 366 g/mol. The third kappa shape index (κ3) is 3.40. The van der Waals surface area contributed by atoms with Crippen molar-refractivity contribution >= 4 is 15.9 Å². The van der Waals surface area contributed by atoms with Crippen LogP contribution in [0, 0.1) is 11.3 Å². The van der Waals surface area contributed by atoms with Crippen molar-refractivity contribution in [3.63, 3.8) is 0 Å². The molecule has 0 aromatic heterocycles. The molecule has 6 nitrogen and oxygen atoms in total. The molecular weight excluding hydrogens is 340 g/mol. The molecule has 2 aliphatic heterocycles. The molecule has 2 heterocycles. The van der Waals surface area contributed by atoms with Gasteiger partial charge in [-0.05, 0) is 37.1 Å². The molecule has 7 heteroatoms. The van der Waals surface area contributed by atoms with E-state index in [-0.39, 0.29) is 17.2 Å². The number of amides is 1. The van der Waals surface area contributed by atoms with Crippen molar-refractivity contribution in [3.8, 4) is 5.75 Å². The molecule has 3 rings (SSSR count). The van der Waals surface area contributed by atoms with Crippen LogP contribution in [0.5, 0.6) is 5.75 Å². The quantitative estimate of drug-likeness (QED) is 0.817. The molecule has 0 unspecified atom stereocenters. The Labute approximate surface area is 149 Å². The predicted molar refractivity (Wildman–Crippen MR) is 94.8 cm³/mol. The van der Waals surface area contributed by atoms with Crippen molar-refractivity contribution in [1.29, 1.82) is 0 Å². The lowest BCUT2D eigenvalue weighted by Crippen LogP contribution is -2.62. The first-order chi connectivity index (χ1) is 11.8. The Morgan fingerprint density at radius 2 is 1.68 bits per heavy atom. The first-order valence-electron chi connectivity index (χ1n) is 8.70. The van der Waals surface area contributed by atoms with Gasteiger partial charge in [0.05, 0.1) is 12.0 Å². The molecular formula is C18H26N2O4S. The van der Waals surface area contributed by atoms with E-state index < -0.39 is 10.0 Å². The first kappa shape index (κ1) is 18.2. The second-order valence-electron chi connectivity index (χ2n) is 7.43. The molecule has 1 amide bonds. The summed E-state index contributed by atoms with van der Waals surface area (Å²) in [7, 11) is -1.91. The highest BCUT2D eigenvalue weighted by atomic mass is 32.2. The zero-order chi connectivity index (χ0) is 18.2. The lowest BCUT2D eigenvalue weighted by atomic mass is 9.72. The molecule has 0 bridgehead atoms. The van der Waals surface area contributed by atoms with Crippen LogP contribution in [0.1, 0.15) is 26.7 Å². The molecule has 1 aromatic carbocycles. The Balaban J connectivity index is 1.61. The van der Waals surface area contributed by atoms with E-state index in [1.54, 1.807) is 35.7 Å². The Morgan fingerprint density at radius 1 is 1.12 bits per heavy atom. The number of carbonyl (C=O) groups excluding carboxylic acids is 1. The van der Waals surface area contributed by atoms with Gasteiger partial charge in [0.15, 0.2) is 0 Å². The van der Waals surface area contributed by atoms with Crippen LogP contribution in [0.25, 0.3) is 0 Å². The number of sulfonamides is 1. The fraction of sp³-hybridized carbons (Fsp3) is 0.611. The summed E-state index contributed by atoms with van der Waals surface area (Å²) in [6.45, 7) is 6.38. The number of benzene rings is 1. The summed E-state index contributed by atoms with van der Waals surface area (Å²) in [6.07, 6.45) is 1.62. The topological polar surface area (TPSA) is 66.9 Å². The van der Waals surface area contributed by atoms with Gasteiger partial charge in [-0.15, -0.1) is 0 Å². The highest BCUT2D eigenvalue weighted by molar-refractivity contribution is 7.89. The van der Waals surface area contributed by atoms with Gasteiger partial charge >= 0.3 is 0 Å².